The van der Waals surface area contributed by atoms with Gasteiger partial charge in [0, 0.05) is 13.1 Å². The maximum Gasteiger partial charge on any atom is 0.191 e. The molecule has 6 heteroatoms. The summed E-state index contributed by atoms with van der Waals surface area (Å²) in [6.45, 7) is 13.5. The molecule has 0 bridgehead atoms. The highest BCUT2D eigenvalue weighted by atomic mass is 32.1. The zero-order chi connectivity index (χ0) is 17.1. The van der Waals surface area contributed by atoms with Gasteiger partial charge in [0.05, 0.1) is 6.54 Å². The Morgan fingerprint density at radius 2 is 2.04 bits per heavy atom. The van der Waals surface area contributed by atoms with Crippen LogP contribution in [0.25, 0.3) is 0 Å². The van der Waals surface area contributed by atoms with E-state index < -0.39 is 5.60 Å². The van der Waals surface area contributed by atoms with E-state index >= 15 is 0 Å². The number of rotatable bonds is 10. The topological polar surface area (TPSA) is 59.9 Å². The van der Waals surface area contributed by atoms with E-state index in [0.29, 0.717) is 6.54 Å². The molecule has 0 saturated heterocycles. The summed E-state index contributed by atoms with van der Waals surface area (Å²) < 4.78 is 0. The Bertz CT molecular complexity index is 441. The van der Waals surface area contributed by atoms with Crippen molar-refractivity contribution < 1.29 is 5.11 Å². The third kappa shape index (κ3) is 7.33. The monoisotopic (exact) mass is 340 g/mol. The van der Waals surface area contributed by atoms with Crippen LogP contribution in [0.2, 0.25) is 0 Å². The predicted octanol–water partition coefficient (Wildman–Crippen LogP) is 2.24. The van der Waals surface area contributed by atoms with Gasteiger partial charge in [0.1, 0.15) is 5.60 Å². The van der Waals surface area contributed by atoms with Crippen LogP contribution in [0.1, 0.15) is 39.7 Å². The first-order valence-corrected chi connectivity index (χ1v) is 9.47. The van der Waals surface area contributed by atoms with Crippen molar-refractivity contribution in [1.29, 1.82) is 0 Å². The summed E-state index contributed by atoms with van der Waals surface area (Å²) in [5.74, 6) is 0.766. The van der Waals surface area contributed by atoms with Gasteiger partial charge in [0.25, 0.3) is 0 Å². The van der Waals surface area contributed by atoms with Crippen molar-refractivity contribution in [2.75, 3.05) is 39.3 Å². The molecule has 0 aliphatic rings. The number of nitrogens with zero attached hydrogens (tertiary/aromatic N) is 2. The van der Waals surface area contributed by atoms with Crippen LogP contribution in [0.5, 0.6) is 0 Å². The van der Waals surface area contributed by atoms with Crippen LogP contribution in [0.4, 0.5) is 0 Å². The smallest absolute Gasteiger partial charge is 0.191 e. The summed E-state index contributed by atoms with van der Waals surface area (Å²) in [4.78, 5) is 6.94. The van der Waals surface area contributed by atoms with E-state index in [1.54, 1.807) is 11.3 Å². The van der Waals surface area contributed by atoms with Gasteiger partial charge in [-0.3, -0.25) is 0 Å². The molecular formula is C17H32N4OS. The molecule has 1 rings (SSSR count). The minimum Gasteiger partial charge on any atom is -0.383 e. The van der Waals surface area contributed by atoms with Gasteiger partial charge in [0.2, 0.25) is 0 Å². The maximum absolute atomic E-state index is 10.5. The van der Waals surface area contributed by atoms with Gasteiger partial charge >= 0.3 is 0 Å². The molecule has 5 nitrogen and oxygen atoms in total. The Kier molecular flexibility index (Phi) is 9.21. The van der Waals surface area contributed by atoms with E-state index in [1.165, 1.54) is 0 Å². The van der Waals surface area contributed by atoms with Crippen LogP contribution in [-0.2, 0) is 5.60 Å². The van der Waals surface area contributed by atoms with Crippen LogP contribution in [0.15, 0.2) is 21.8 Å². The van der Waals surface area contributed by atoms with Crippen molar-refractivity contribution >= 4 is 17.3 Å². The summed E-state index contributed by atoms with van der Waals surface area (Å²) in [7, 11) is 0. The second-order valence-corrected chi connectivity index (χ2v) is 6.57. The zero-order valence-electron chi connectivity index (χ0n) is 14.9. The molecule has 1 heterocycles. The second kappa shape index (κ2) is 10.6. The molecule has 1 unspecified atom stereocenters. The van der Waals surface area contributed by atoms with Crippen LogP contribution in [0, 0.1) is 0 Å². The standard InChI is InChI=1S/C17H32N4OS/c1-5-18-16(19-10-8-11-21(6-2)7-3)20-14-17(4,22)15-9-12-23-13-15/h9,12-13,22H,5-8,10-11,14H2,1-4H3,(H2,18,19,20). The minimum absolute atomic E-state index is 0.342. The van der Waals surface area contributed by atoms with E-state index in [9.17, 15) is 5.11 Å². The summed E-state index contributed by atoms with van der Waals surface area (Å²) >= 11 is 1.59. The summed E-state index contributed by atoms with van der Waals surface area (Å²) in [5.41, 5.74) is -0.00698. The first kappa shape index (κ1) is 19.9. The van der Waals surface area contributed by atoms with E-state index in [-0.39, 0.29) is 0 Å². The van der Waals surface area contributed by atoms with E-state index in [0.717, 1.165) is 50.7 Å². The average Bonchev–Trinajstić information content (AvgIpc) is 3.08. The first-order valence-electron chi connectivity index (χ1n) is 8.53. The molecule has 0 amide bonds. The van der Waals surface area contributed by atoms with Gasteiger partial charge in [0.15, 0.2) is 5.96 Å². The number of nitrogens with one attached hydrogen (secondary N) is 2. The van der Waals surface area contributed by atoms with E-state index in [4.69, 9.17) is 0 Å². The number of guanidine groups is 1. The molecule has 0 aliphatic heterocycles. The van der Waals surface area contributed by atoms with Crippen molar-refractivity contribution in [3.05, 3.63) is 22.4 Å². The lowest BCUT2D eigenvalue weighted by molar-refractivity contribution is 0.0677. The fourth-order valence-electron chi connectivity index (χ4n) is 2.29. The Hall–Kier alpha value is -1.11. The number of thiophene rings is 1. The maximum atomic E-state index is 10.5. The average molecular weight is 341 g/mol. The largest absolute Gasteiger partial charge is 0.383 e. The van der Waals surface area contributed by atoms with Gasteiger partial charge in [-0.05, 0) is 62.3 Å². The first-order chi connectivity index (χ1) is 11.0. The quantitative estimate of drug-likeness (QED) is 0.347. The highest BCUT2D eigenvalue weighted by Crippen LogP contribution is 2.23. The lowest BCUT2D eigenvalue weighted by atomic mass is 10.00. The van der Waals surface area contributed by atoms with Crippen LogP contribution in [-0.4, -0.2) is 55.2 Å². The molecule has 23 heavy (non-hydrogen) atoms. The Morgan fingerprint density at radius 3 is 2.61 bits per heavy atom. The van der Waals surface area contributed by atoms with Gasteiger partial charge in [-0.1, -0.05) is 13.8 Å². The normalized spacial score (nSPS) is 14.8. The Morgan fingerprint density at radius 1 is 1.30 bits per heavy atom. The molecule has 0 radical (unpaired) electrons. The van der Waals surface area contributed by atoms with Crippen molar-refractivity contribution in [3.8, 4) is 0 Å². The number of hydrogen-bond acceptors (Lipinski definition) is 4. The van der Waals surface area contributed by atoms with Crippen LogP contribution in [0.3, 0.4) is 0 Å². The molecule has 0 saturated carbocycles. The number of hydrogen-bond donors (Lipinski definition) is 3. The Labute approximate surface area is 144 Å². The molecular weight excluding hydrogens is 308 g/mol. The number of aliphatic hydroxyl groups is 1. The Balaban J connectivity index is 2.47. The van der Waals surface area contributed by atoms with Gasteiger partial charge in [-0.25, -0.2) is 4.99 Å². The summed E-state index contributed by atoms with van der Waals surface area (Å²) in [5, 5.41) is 21.1. The second-order valence-electron chi connectivity index (χ2n) is 5.79. The molecule has 1 aromatic heterocycles. The third-order valence-corrected chi connectivity index (χ3v) is 4.55. The van der Waals surface area contributed by atoms with E-state index in [1.807, 2.05) is 30.7 Å². The highest BCUT2D eigenvalue weighted by molar-refractivity contribution is 7.08. The summed E-state index contributed by atoms with van der Waals surface area (Å²) in [6, 6.07) is 1.95. The molecule has 0 aliphatic carbocycles. The molecule has 0 aromatic carbocycles. The van der Waals surface area contributed by atoms with Gasteiger partial charge < -0.3 is 20.6 Å². The SMILES string of the molecule is CCNC(=NCC(C)(O)c1ccsc1)NCCCN(CC)CC. The van der Waals surface area contributed by atoms with Crippen LogP contribution >= 0.6 is 11.3 Å². The minimum atomic E-state index is -0.927. The lowest BCUT2D eigenvalue weighted by Crippen LogP contribution is -2.40. The van der Waals surface area contributed by atoms with Gasteiger partial charge in [-0.15, -0.1) is 0 Å². The summed E-state index contributed by atoms with van der Waals surface area (Å²) in [6.07, 6.45) is 1.08. The van der Waals surface area contributed by atoms with Crippen molar-refractivity contribution in [3.63, 3.8) is 0 Å². The fourth-order valence-corrected chi connectivity index (χ4v) is 3.07. The van der Waals surface area contributed by atoms with Crippen molar-refractivity contribution in [2.24, 2.45) is 4.99 Å². The van der Waals surface area contributed by atoms with E-state index in [2.05, 4.69) is 34.4 Å². The highest BCUT2D eigenvalue weighted by Gasteiger charge is 2.23. The third-order valence-electron chi connectivity index (χ3n) is 3.87. The van der Waals surface area contributed by atoms with Crippen molar-refractivity contribution in [1.82, 2.24) is 15.5 Å². The predicted molar refractivity (Wildman–Crippen MR) is 100 cm³/mol. The molecule has 3 N–H and O–H groups in total. The molecule has 1 aromatic rings. The lowest BCUT2D eigenvalue weighted by Gasteiger charge is -2.21. The molecule has 0 spiro atoms. The molecule has 0 fully saturated rings. The van der Waals surface area contributed by atoms with Crippen molar-refractivity contribution in [2.45, 2.75) is 39.7 Å². The fraction of sp³-hybridized carbons (Fsp3) is 0.706. The molecule has 1 atom stereocenters. The number of aliphatic imine (C=N–C) groups is 1. The zero-order valence-corrected chi connectivity index (χ0v) is 15.7. The molecule has 132 valence electrons. The van der Waals surface area contributed by atoms with Gasteiger partial charge in [-0.2, -0.15) is 11.3 Å². The van der Waals surface area contributed by atoms with Crippen LogP contribution < -0.4 is 10.6 Å².